The zero-order valence-corrected chi connectivity index (χ0v) is 7.38. The Labute approximate surface area is 80.9 Å². The summed E-state index contributed by atoms with van der Waals surface area (Å²) < 4.78 is 0. The Hall–Kier alpha value is -1.42. The molecule has 2 rings (SSSR count). The van der Waals surface area contributed by atoms with Crippen LogP contribution in [0.25, 0.3) is 10.8 Å². The van der Waals surface area contributed by atoms with Crippen molar-refractivity contribution in [2.24, 2.45) is 0 Å². The van der Waals surface area contributed by atoms with Crippen molar-refractivity contribution in [3.63, 3.8) is 0 Å². The summed E-state index contributed by atoms with van der Waals surface area (Å²) in [5, 5.41) is 28.8. The Morgan fingerprint density at radius 3 is 2.14 bits per heavy atom. The molecular weight excluding hydrogens is 180 g/mol. The molecule has 2 aromatic rings. The molecule has 3 nitrogen and oxygen atoms in total. The van der Waals surface area contributed by atoms with Gasteiger partial charge in [-0.15, -0.1) is 0 Å². The predicted octanol–water partition coefficient (Wildman–Crippen LogP) is 0.927. The molecule has 3 N–H and O–H groups in total. The maximum atomic E-state index is 9.10. The second-order valence-corrected chi connectivity index (χ2v) is 3.16. The van der Waals surface area contributed by atoms with Crippen molar-refractivity contribution >= 4 is 10.8 Å². The lowest BCUT2D eigenvalue weighted by atomic mass is 10.0. The van der Waals surface area contributed by atoms with Crippen LogP contribution < -0.4 is 0 Å². The van der Waals surface area contributed by atoms with Crippen LogP contribution in [0.4, 0.5) is 0 Å². The summed E-state index contributed by atoms with van der Waals surface area (Å²) in [6.45, 7) is 0. The molecule has 0 radical (unpaired) electrons. The van der Waals surface area contributed by atoms with E-state index in [1.54, 1.807) is 18.2 Å². The smallest absolute Gasteiger partial charge is 0.305 e. The SMILES string of the molecule is OC(O)(O)c1cccc2ccccc12. The molecule has 0 heterocycles. The van der Waals surface area contributed by atoms with E-state index in [4.69, 9.17) is 15.3 Å². The second-order valence-electron chi connectivity index (χ2n) is 3.16. The van der Waals surface area contributed by atoms with Crippen LogP contribution >= 0.6 is 0 Å². The number of aliphatic hydroxyl groups is 3. The molecule has 0 bridgehead atoms. The zero-order chi connectivity index (χ0) is 10.2. The minimum absolute atomic E-state index is 0.0931. The Bertz CT molecular complexity index is 452. The lowest BCUT2D eigenvalue weighted by Crippen LogP contribution is -2.23. The fourth-order valence-corrected chi connectivity index (χ4v) is 1.52. The summed E-state index contributed by atoms with van der Waals surface area (Å²) in [6.07, 6.45) is 0. The molecule has 14 heavy (non-hydrogen) atoms. The molecule has 0 saturated heterocycles. The minimum atomic E-state index is -2.78. The fraction of sp³-hybridized carbons (Fsp3) is 0.0909. The van der Waals surface area contributed by atoms with Crippen molar-refractivity contribution in [1.29, 1.82) is 0 Å². The van der Waals surface area contributed by atoms with Crippen molar-refractivity contribution in [1.82, 2.24) is 0 Å². The molecule has 0 aliphatic heterocycles. The highest BCUT2D eigenvalue weighted by atomic mass is 16.7. The summed E-state index contributed by atoms with van der Waals surface area (Å²) in [7, 11) is 0. The number of fused-ring (bicyclic) bond motifs is 1. The highest BCUT2D eigenvalue weighted by Crippen LogP contribution is 2.24. The Balaban J connectivity index is 2.78. The maximum Gasteiger partial charge on any atom is 0.305 e. The van der Waals surface area contributed by atoms with Gasteiger partial charge in [0.2, 0.25) is 0 Å². The number of rotatable bonds is 1. The highest BCUT2D eigenvalue weighted by molar-refractivity contribution is 5.86. The van der Waals surface area contributed by atoms with Crippen LogP contribution in [-0.4, -0.2) is 15.3 Å². The fourth-order valence-electron chi connectivity index (χ4n) is 1.52. The van der Waals surface area contributed by atoms with Gasteiger partial charge in [-0.3, -0.25) is 0 Å². The van der Waals surface area contributed by atoms with Gasteiger partial charge < -0.3 is 15.3 Å². The highest BCUT2D eigenvalue weighted by Gasteiger charge is 2.23. The van der Waals surface area contributed by atoms with Gasteiger partial charge in [0.15, 0.2) is 0 Å². The van der Waals surface area contributed by atoms with Crippen LogP contribution in [-0.2, 0) is 5.97 Å². The van der Waals surface area contributed by atoms with Crippen molar-refractivity contribution in [3.05, 3.63) is 48.0 Å². The molecule has 2 aromatic carbocycles. The summed E-state index contributed by atoms with van der Waals surface area (Å²) in [5.74, 6) is -2.78. The monoisotopic (exact) mass is 190 g/mol. The van der Waals surface area contributed by atoms with E-state index in [9.17, 15) is 0 Å². The molecule has 0 unspecified atom stereocenters. The van der Waals surface area contributed by atoms with Gasteiger partial charge in [0.05, 0.1) is 0 Å². The predicted molar refractivity (Wildman–Crippen MR) is 52.3 cm³/mol. The van der Waals surface area contributed by atoms with Crippen molar-refractivity contribution in [2.45, 2.75) is 5.97 Å². The molecule has 3 heteroatoms. The van der Waals surface area contributed by atoms with Crippen LogP contribution in [0, 0.1) is 0 Å². The molecule has 0 aromatic heterocycles. The zero-order valence-electron chi connectivity index (χ0n) is 7.38. The van der Waals surface area contributed by atoms with Crippen LogP contribution in [0.15, 0.2) is 42.5 Å². The van der Waals surface area contributed by atoms with Crippen LogP contribution in [0.3, 0.4) is 0 Å². The van der Waals surface area contributed by atoms with Crippen LogP contribution in [0.5, 0.6) is 0 Å². The summed E-state index contributed by atoms with van der Waals surface area (Å²) in [5.41, 5.74) is 0.0931. The van der Waals surface area contributed by atoms with E-state index in [0.29, 0.717) is 5.39 Å². The first-order valence-corrected chi connectivity index (χ1v) is 4.24. The average molecular weight is 190 g/mol. The standard InChI is InChI=1S/C11H10O3/c12-11(13,14)10-7-3-5-8-4-1-2-6-9(8)10/h1-7,12-14H. The summed E-state index contributed by atoms with van der Waals surface area (Å²) in [6, 6.07) is 12.2. The molecular formula is C11H10O3. The quantitative estimate of drug-likeness (QED) is 0.586. The Morgan fingerprint density at radius 1 is 0.786 bits per heavy atom. The molecule has 0 amide bonds. The van der Waals surface area contributed by atoms with Gasteiger partial charge in [0.25, 0.3) is 0 Å². The second kappa shape index (κ2) is 3.06. The lowest BCUT2D eigenvalue weighted by Gasteiger charge is -2.16. The van der Waals surface area contributed by atoms with E-state index in [2.05, 4.69) is 0 Å². The largest absolute Gasteiger partial charge is 0.340 e. The average Bonchev–Trinajstić information content (AvgIpc) is 2.15. The van der Waals surface area contributed by atoms with Gasteiger partial charge >= 0.3 is 5.97 Å². The number of hydrogen-bond donors (Lipinski definition) is 3. The van der Waals surface area contributed by atoms with Crippen molar-refractivity contribution in [2.75, 3.05) is 0 Å². The van der Waals surface area contributed by atoms with Crippen LogP contribution in [0.2, 0.25) is 0 Å². The van der Waals surface area contributed by atoms with E-state index in [-0.39, 0.29) is 5.56 Å². The van der Waals surface area contributed by atoms with Gasteiger partial charge in [0, 0.05) is 5.56 Å². The molecule has 0 spiro atoms. The van der Waals surface area contributed by atoms with Crippen LogP contribution in [0.1, 0.15) is 5.56 Å². The van der Waals surface area contributed by atoms with Gasteiger partial charge in [0.1, 0.15) is 0 Å². The number of benzene rings is 2. The van der Waals surface area contributed by atoms with E-state index in [1.807, 2.05) is 18.2 Å². The molecule has 0 saturated carbocycles. The first-order valence-electron chi connectivity index (χ1n) is 4.24. The van der Waals surface area contributed by atoms with Gasteiger partial charge in [-0.1, -0.05) is 42.5 Å². The Kier molecular flexibility index (Phi) is 2.00. The molecule has 0 aliphatic rings. The third-order valence-electron chi connectivity index (χ3n) is 2.15. The lowest BCUT2D eigenvalue weighted by molar-refractivity contribution is -0.322. The van der Waals surface area contributed by atoms with Gasteiger partial charge in [-0.2, -0.15) is 0 Å². The molecule has 0 aliphatic carbocycles. The number of hydrogen-bond acceptors (Lipinski definition) is 3. The topological polar surface area (TPSA) is 60.7 Å². The summed E-state index contributed by atoms with van der Waals surface area (Å²) in [4.78, 5) is 0. The molecule has 0 atom stereocenters. The van der Waals surface area contributed by atoms with E-state index in [1.165, 1.54) is 6.07 Å². The molecule has 0 fully saturated rings. The third-order valence-corrected chi connectivity index (χ3v) is 2.15. The first-order chi connectivity index (χ1) is 6.59. The maximum absolute atomic E-state index is 9.10. The van der Waals surface area contributed by atoms with E-state index >= 15 is 0 Å². The summed E-state index contributed by atoms with van der Waals surface area (Å²) >= 11 is 0. The minimum Gasteiger partial charge on any atom is -0.340 e. The van der Waals surface area contributed by atoms with E-state index < -0.39 is 5.97 Å². The van der Waals surface area contributed by atoms with E-state index in [0.717, 1.165) is 5.39 Å². The van der Waals surface area contributed by atoms with Crippen molar-refractivity contribution < 1.29 is 15.3 Å². The van der Waals surface area contributed by atoms with Crippen molar-refractivity contribution in [3.8, 4) is 0 Å². The molecule has 72 valence electrons. The van der Waals surface area contributed by atoms with Gasteiger partial charge in [-0.05, 0) is 10.8 Å². The Morgan fingerprint density at radius 2 is 1.43 bits per heavy atom. The first kappa shape index (κ1) is 9.15. The normalized spacial score (nSPS) is 11.9. The third kappa shape index (κ3) is 1.48. The van der Waals surface area contributed by atoms with Gasteiger partial charge in [-0.25, -0.2) is 0 Å².